The van der Waals surface area contributed by atoms with Gasteiger partial charge in [0.1, 0.15) is 19.0 Å². The molecule has 122 valence electrons. The first-order chi connectivity index (χ1) is 11.2. The number of hydrogen-bond donors (Lipinski definition) is 0. The Morgan fingerprint density at radius 3 is 3.04 bits per heavy atom. The van der Waals surface area contributed by atoms with Crippen LogP contribution in [0.2, 0.25) is 0 Å². The van der Waals surface area contributed by atoms with Crippen molar-refractivity contribution in [1.82, 2.24) is 4.90 Å². The molecule has 0 radical (unpaired) electrons. The molecule has 0 atom stereocenters. The lowest BCUT2D eigenvalue weighted by atomic mass is 10.2. The molecule has 1 aliphatic rings. The Labute approximate surface area is 134 Å². The van der Waals surface area contributed by atoms with Gasteiger partial charge in [0.05, 0.1) is 24.7 Å². The molecule has 1 heterocycles. The van der Waals surface area contributed by atoms with Gasteiger partial charge in [0.2, 0.25) is 0 Å². The van der Waals surface area contributed by atoms with Gasteiger partial charge in [-0.2, -0.15) is 0 Å². The summed E-state index contributed by atoms with van der Waals surface area (Å²) < 4.78 is 11.1. The second-order valence-electron chi connectivity index (χ2n) is 4.83. The van der Waals surface area contributed by atoms with Crippen molar-refractivity contribution in [2.75, 3.05) is 26.4 Å². The summed E-state index contributed by atoms with van der Waals surface area (Å²) in [7, 11) is 0. The second-order valence-corrected chi connectivity index (χ2v) is 4.83. The van der Waals surface area contributed by atoms with Crippen LogP contribution in [0.5, 0.6) is 5.75 Å². The molecule has 0 fully saturated rings. The number of benzene rings is 1. The molecule has 7 nitrogen and oxygen atoms in total. The van der Waals surface area contributed by atoms with Gasteiger partial charge in [0.15, 0.2) is 0 Å². The highest BCUT2D eigenvalue weighted by atomic mass is 16.6. The Hall–Kier alpha value is -2.67. The molecule has 0 spiro atoms. The van der Waals surface area contributed by atoms with Gasteiger partial charge in [0.25, 0.3) is 5.69 Å². The molecule has 0 N–H and O–H groups in total. The third-order valence-corrected chi connectivity index (χ3v) is 3.14. The van der Waals surface area contributed by atoms with Crippen LogP contribution in [0.1, 0.15) is 5.56 Å². The van der Waals surface area contributed by atoms with E-state index in [1.54, 1.807) is 18.4 Å². The first kappa shape index (κ1) is 16.7. The van der Waals surface area contributed by atoms with Gasteiger partial charge in [0, 0.05) is 30.1 Å². The third-order valence-electron chi connectivity index (χ3n) is 3.14. The van der Waals surface area contributed by atoms with Gasteiger partial charge in [-0.1, -0.05) is 6.08 Å². The molecule has 23 heavy (non-hydrogen) atoms. The zero-order chi connectivity index (χ0) is 16.5. The average molecular weight is 317 g/mol. The van der Waals surface area contributed by atoms with Gasteiger partial charge in [-0.25, -0.2) is 0 Å². The minimum atomic E-state index is -0.433. The Morgan fingerprint density at radius 2 is 2.35 bits per heavy atom. The van der Waals surface area contributed by atoms with Crippen LogP contribution in [0.15, 0.2) is 48.1 Å². The molecular weight excluding hydrogens is 298 g/mol. The molecule has 1 aromatic rings. The molecule has 0 saturated carbocycles. The van der Waals surface area contributed by atoms with E-state index < -0.39 is 4.92 Å². The number of nitrogens with zero attached hydrogens (tertiary/aromatic N) is 3. The molecule has 1 aromatic carbocycles. The van der Waals surface area contributed by atoms with E-state index in [2.05, 4.69) is 11.6 Å². The van der Waals surface area contributed by atoms with Crippen molar-refractivity contribution in [3.05, 3.63) is 58.8 Å². The van der Waals surface area contributed by atoms with E-state index in [9.17, 15) is 10.1 Å². The maximum absolute atomic E-state index is 10.9. The zero-order valence-electron chi connectivity index (χ0n) is 12.8. The normalized spacial score (nSPS) is 13.1. The molecule has 1 aliphatic heterocycles. The minimum absolute atomic E-state index is 0.0165. The van der Waals surface area contributed by atoms with Crippen LogP contribution in [0.3, 0.4) is 0 Å². The van der Waals surface area contributed by atoms with E-state index in [0.717, 1.165) is 0 Å². The van der Waals surface area contributed by atoms with Crippen molar-refractivity contribution in [2.24, 2.45) is 4.99 Å². The average Bonchev–Trinajstić information content (AvgIpc) is 2.57. The summed E-state index contributed by atoms with van der Waals surface area (Å²) in [6, 6.07) is 4.51. The zero-order valence-corrected chi connectivity index (χ0v) is 12.8. The number of aliphatic imine (C=N–C) groups is 1. The summed E-state index contributed by atoms with van der Waals surface area (Å²) in [6.45, 7) is 5.92. The second kappa shape index (κ2) is 8.70. The van der Waals surface area contributed by atoms with Crippen molar-refractivity contribution in [1.29, 1.82) is 0 Å². The highest BCUT2D eigenvalue weighted by Crippen LogP contribution is 2.25. The molecule has 0 unspecified atom stereocenters. The topological polar surface area (TPSA) is 77.2 Å². The summed E-state index contributed by atoms with van der Waals surface area (Å²) in [6.07, 6.45) is 7.19. The molecular formula is C16H19N3O4. The SMILES string of the molecule is C=CCOCc1cc([N+](=O)[O-])ccc1OCCN1C=CC=NC1. The van der Waals surface area contributed by atoms with Crippen molar-refractivity contribution < 1.29 is 14.4 Å². The lowest BCUT2D eigenvalue weighted by Crippen LogP contribution is -2.25. The monoisotopic (exact) mass is 317 g/mol. The van der Waals surface area contributed by atoms with E-state index in [1.165, 1.54) is 12.1 Å². The van der Waals surface area contributed by atoms with Crippen molar-refractivity contribution in [3.63, 3.8) is 0 Å². The van der Waals surface area contributed by atoms with Gasteiger partial charge >= 0.3 is 0 Å². The van der Waals surface area contributed by atoms with Crippen LogP contribution in [-0.2, 0) is 11.3 Å². The van der Waals surface area contributed by atoms with E-state index in [1.807, 2.05) is 17.2 Å². The van der Waals surface area contributed by atoms with Crippen LogP contribution < -0.4 is 4.74 Å². The van der Waals surface area contributed by atoms with Crippen LogP contribution in [-0.4, -0.2) is 42.5 Å². The van der Waals surface area contributed by atoms with Crippen LogP contribution >= 0.6 is 0 Å². The molecule has 7 heteroatoms. The van der Waals surface area contributed by atoms with Crippen LogP contribution in [0.25, 0.3) is 0 Å². The summed E-state index contributed by atoms with van der Waals surface area (Å²) in [4.78, 5) is 16.6. The number of rotatable bonds is 9. The molecule has 0 aliphatic carbocycles. The number of nitro groups is 1. The van der Waals surface area contributed by atoms with Crippen molar-refractivity contribution in [2.45, 2.75) is 6.61 Å². The largest absolute Gasteiger partial charge is 0.491 e. The molecule has 2 rings (SSSR count). The lowest BCUT2D eigenvalue weighted by molar-refractivity contribution is -0.385. The fourth-order valence-electron chi connectivity index (χ4n) is 2.02. The van der Waals surface area contributed by atoms with Crippen molar-refractivity contribution >= 4 is 11.9 Å². The predicted octanol–water partition coefficient (Wildman–Crippen LogP) is 2.53. The standard InChI is InChI=1S/C16H19N3O4/c1-2-9-22-12-14-11-15(19(20)21)4-5-16(14)23-10-8-18-7-3-6-17-13-18/h2-7,11H,1,8-10,12-13H2. The van der Waals surface area contributed by atoms with Crippen LogP contribution in [0.4, 0.5) is 5.69 Å². The maximum Gasteiger partial charge on any atom is 0.270 e. The quantitative estimate of drug-likeness (QED) is 0.303. The van der Waals surface area contributed by atoms with Gasteiger partial charge in [-0.3, -0.25) is 15.1 Å². The van der Waals surface area contributed by atoms with Gasteiger partial charge < -0.3 is 14.4 Å². The minimum Gasteiger partial charge on any atom is -0.491 e. The Bertz CT molecular complexity index is 613. The summed E-state index contributed by atoms with van der Waals surface area (Å²) in [5.41, 5.74) is 0.663. The van der Waals surface area contributed by atoms with E-state index >= 15 is 0 Å². The molecule has 0 saturated heterocycles. The maximum atomic E-state index is 10.9. The first-order valence-corrected chi connectivity index (χ1v) is 7.20. The number of allylic oxidation sites excluding steroid dienone is 1. The van der Waals surface area contributed by atoms with Crippen molar-refractivity contribution in [3.8, 4) is 5.75 Å². The third kappa shape index (κ3) is 5.23. The highest BCUT2D eigenvalue weighted by Gasteiger charge is 2.12. The smallest absolute Gasteiger partial charge is 0.270 e. The summed E-state index contributed by atoms with van der Waals surface area (Å²) in [5.74, 6) is 0.587. The van der Waals surface area contributed by atoms with Crippen LogP contribution in [0, 0.1) is 10.1 Å². The lowest BCUT2D eigenvalue weighted by Gasteiger charge is -2.20. The molecule has 0 bridgehead atoms. The Kier molecular flexibility index (Phi) is 6.31. The Balaban J connectivity index is 1.97. The number of hydrogen-bond acceptors (Lipinski definition) is 6. The fraction of sp³-hybridized carbons (Fsp3) is 0.312. The van der Waals surface area contributed by atoms with E-state index in [4.69, 9.17) is 9.47 Å². The fourth-order valence-corrected chi connectivity index (χ4v) is 2.02. The number of non-ortho nitro benzene ring substituents is 1. The number of nitro benzene ring substituents is 1. The predicted molar refractivity (Wildman–Crippen MR) is 87.6 cm³/mol. The highest BCUT2D eigenvalue weighted by molar-refractivity contribution is 5.71. The number of ether oxygens (including phenoxy) is 2. The molecule has 0 aromatic heterocycles. The van der Waals surface area contributed by atoms with E-state index in [0.29, 0.717) is 37.7 Å². The molecule has 0 amide bonds. The summed E-state index contributed by atoms with van der Waals surface area (Å²) in [5, 5.41) is 10.9. The van der Waals surface area contributed by atoms with E-state index in [-0.39, 0.29) is 12.3 Å². The van der Waals surface area contributed by atoms with Gasteiger partial charge in [-0.05, 0) is 12.1 Å². The first-order valence-electron chi connectivity index (χ1n) is 7.20. The summed E-state index contributed by atoms with van der Waals surface area (Å²) >= 11 is 0. The Morgan fingerprint density at radius 1 is 1.48 bits per heavy atom. The van der Waals surface area contributed by atoms with Gasteiger partial charge in [-0.15, -0.1) is 6.58 Å².